The molecule has 1 atom stereocenters. The Kier molecular flexibility index (Phi) is 5.80. The number of amides is 1. The highest BCUT2D eigenvalue weighted by molar-refractivity contribution is 7.11. The molecule has 4 rings (SSSR count). The second-order valence-corrected chi connectivity index (χ2v) is 8.85. The Labute approximate surface area is 178 Å². The van der Waals surface area contributed by atoms with Crippen LogP contribution in [0.2, 0.25) is 0 Å². The summed E-state index contributed by atoms with van der Waals surface area (Å²) in [4.78, 5) is 24.4. The first kappa shape index (κ1) is 20.5. The van der Waals surface area contributed by atoms with Crippen molar-refractivity contribution in [3.63, 3.8) is 0 Å². The number of carbonyl (C=O) groups excluding carboxylic acids is 1. The third kappa shape index (κ3) is 4.35. The van der Waals surface area contributed by atoms with Crippen LogP contribution in [0.15, 0.2) is 22.7 Å². The van der Waals surface area contributed by atoms with Gasteiger partial charge in [0.15, 0.2) is 5.82 Å². The largest absolute Gasteiger partial charge is 0.368 e. The van der Waals surface area contributed by atoms with Gasteiger partial charge in [0.2, 0.25) is 5.91 Å². The molecule has 0 spiro atoms. The highest BCUT2D eigenvalue weighted by atomic mass is 32.1. The van der Waals surface area contributed by atoms with E-state index in [2.05, 4.69) is 20.4 Å². The van der Waals surface area contributed by atoms with Crippen molar-refractivity contribution in [1.82, 2.24) is 20.4 Å². The van der Waals surface area contributed by atoms with Crippen LogP contribution in [0.4, 0.5) is 10.1 Å². The third-order valence-electron chi connectivity index (χ3n) is 5.34. The Bertz CT molecular complexity index is 1040. The topological polar surface area (TPSA) is 84.2 Å². The highest BCUT2D eigenvalue weighted by Gasteiger charge is 2.27. The van der Waals surface area contributed by atoms with E-state index in [1.165, 1.54) is 6.07 Å². The molecule has 158 valence electrons. The maximum absolute atomic E-state index is 14.8. The molecule has 0 radical (unpaired) electrons. The van der Waals surface area contributed by atoms with E-state index in [0.717, 1.165) is 28.4 Å². The average Bonchev–Trinajstić information content (AvgIpc) is 3.31. The lowest BCUT2D eigenvalue weighted by molar-refractivity contribution is -0.125. The van der Waals surface area contributed by atoms with Gasteiger partial charge >= 0.3 is 0 Å². The monoisotopic (exact) mass is 429 g/mol. The summed E-state index contributed by atoms with van der Waals surface area (Å²) in [6.45, 7) is 7.34. The van der Waals surface area contributed by atoms with Crippen LogP contribution in [0.1, 0.15) is 34.2 Å². The minimum absolute atomic E-state index is 0.0106. The van der Waals surface area contributed by atoms with Gasteiger partial charge in [-0.15, -0.1) is 11.3 Å². The molecule has 3 heterocycles. The Balaban J connectivity index is 1.41. The number of hydrogen-bond donors (Lipinski definition) is 1. The maximum Gasteiger partial charge on any atom is 0.258 e. The quantitative estimate of drug-likeness (QED) is 0.664. The fourth-order valence-electron chi connectivity index (χ4n) is 3.64. The average molecular weight is 430 g/mol. The lowest BCUT2D eigenvalue weighted by atomic mass is 9.96. The van der Waals surface area contributed by atoms with Crippen LogP contribution < -0.4 is 10.2 Å². The van der Waals surface area contributed by atoms with Crippen molar-refractivity contribution in [2.45, 2.75) is 40.2 Å². The van der Waals surface area contributed by atoms with Gasteiger partial charge < -0.3 is 14.7 Å². The van der Waals surface area contributed by atoms with Gasteiger partial charge in [-0.1, -0.05) is 5.16 Å². The van der Waals surface area contributed by atoms with E-state index in [0.29, 0.717) is 42.6 Å². The zero-order chi connectivity index (χ0) is 21.3. The minimum atomic E-state index is -0.363. The number of aromatic nitrogens is 3. The molecule has 1 N–H and O–H groups in total. The number of benzene rings is 1. The molecular weight excluding hydrogens is 405 g/mol. The molecule has 2 aromatic heterocycles. The van der Waals surface area contributed by atoms with Crippen molar-refractivity contribution in [2.75, 3.05) is 18.0 Å². The first-order valence-corrected chi connectivity index (χ1v) is 10.8. The van der Waals surface area contributed by atoms with E-state index < -0.39 is 0 Å². The molecule has 1 saturated heterocycles. The molecule has 7 nitrogen and oxygen atoms in total. The van der Waals surface area contributed by atoms with Crippen LogP contribution >= 0.6 is 11.3 Å². The second kappa shape index (κ2) is 8.51. The molecule has 1 aromatic carbocycles. The Morgan fingerprint density at radius 2 is 2.17 bits per heavy atom. The summed E-state index contributed by atoms with van der Waals surface area (Å²) in [5.41, 5.74) is 2.03. The van der Waals surface area contributed by atoms with E-state index in [1.54, 1.807) is 30.4 Å². The fraction of sp³-hybridized carbons (Fsp3) is 0.429. The number of nitrogens with zero attached hydrogens (tertiary/aromatic N) is 4. The van der Waals surface area contributed by atoms with Crippen molar-refractivity contribution in [1.29, 1.82) is 0 Å². The van der Waals surface area contributed by atoms with E-state index in [9.17, 15) is 9.18 Å². The van der Waals surface area contributed by atoms with E-state index in [1.807, 2.05) is 18.7 Å². The molecule has 9 heteroatoms. The van der Waals surface area contributed by atoms with Crippen LogP contribution in [0.3, 0.4) is 0 Å². The molecular formula is C21H24FN5O2S. The number of nitrogens with one attached hydrogen (secondary N) is 1. The zero-order valence-electron chi connectivity index (χ0n) is 17.2. The van der Waals surface area contributed by atoms with Gasteiger partial charge in [-0.05, 0) is 51.8 Å². The third-order valence-corrected chi connectivity index (χ3v) is 6.41. The van der Waals surface area contributed by atoms with Gasteiger partial charge in [0.05, 0.1) is 23.8 Å². The number of anilines is 1. The molecule has 30 heavy (non-hydrogen) atoms. The second-order valence-electron chi connectivity index (χ2n) is 7.57. The summed E-state index contributed by atoms with van der Waals surface area (Å²) >= 11 is 1.60. The predicted molar refractivity (Wildman–Crippen MR) is 113 cm³/mol. The van der Waals surface area contributed by atoms with Crippen LogP contribution in [0.25, 0.3) is 11.5 Å². The van der Waals surface area contributed by atoms with E-state index >= 15 is 0 Å². The van der Waals surface area contributed by atoms with Crippen molar-refractivity contribution >= 4 is 22.9 Å². The number of piperidine rings is 1. The Hall–Kier alpha value is -2.81. The number of halogens is 1. The first-order chi connectivity index (χ1) is 14.4. The van der Waals surface area contributed by atoms with Crippen molar-refractivity contribution < 1.29 is 13.7 Å². The lowest BCUT2D eigenvalue weighted by Gasteiger charge is -2.34. The van der Waals surface area contributed by atoms with Gasteiger partial charge in [0.1, 0.15) is 10.8 Å². The smallest absolute Gasteiger partial charge is 0.258 e. The molecule has 3 aromatic rings. The van der Waals surface area contributed by atoms with Gasteiger partial charge in [0.25, 0.3) is 5.89 Å². The summed E-state index contributed by atoms with van der Waals surface area (Å²) in [5.74, 6) is 0.240. The molecule has 0 saturated carbocycles. The summed E-state index contributed by atoms with van der Waals surface area (Å²) < 4.78 is 19.9. The molecule has 1 aliphatic heterocycles. The Morgan fingerprint density at radius 3 is 2.83 bits per heavy atom. The van der Waals surface area contributed by atoms with Crippen LogP contribution in [0, 0.1) is 32.5 Å². The molecule has 1 aliphatic rings. The molecule has 1 amide bonds. The number of aryl methyl sites for hydroxylation is 3. The van der Waals surface area contributed by atoms with E-state index in [-0.39, 0.29) is 17.6 Å². The van der Waals surface area contributed by atoms with Gasteiger partial charge in [0, 0.05) is 23.5 Å². The first-order valence-electron chi connectivity index (χ1n) is 9.96. The number of thiazole rings is 1. The van der Waals surface area contributed by atoms with Crippen molar-refractivity contribution in [2.24, 2.45) is 5.92 Å². The number of hydrogen-bond acceptors (Lipinski definition) is 7. The summed E-state index contributed by atoms with van der Waals surface area (Å²) in [6, 6.07) is 4.88. The van der Waals surface area contributed by atoms with Crippen molar-refractivity contribution in [3.05, 3.63) is 45.4 Å². The molecule has 0 aliphatic carbocycles. The molecule has 0 bridgehead atoms. The standard InChI is InChI=1S/C21H24FN5O2S/c1-12-13(2)30-19(24-12)10-23-20(28)16-5-4-8-27(11-16)18-7-6-15(9-17(18)22)21-25-14(3)26-29-21/h6-7,9,16H,4-5,8,10-11H2,1-3H3,(H,23,28). The lowest BCUT2D eigenvalue weighted by Crippen LogP contribution is -2.43. The predicted octanol–water partition coefficient (Wildman–Crippen LogP) is 3.79. The minimum Gasteiger partial charge on any atom is -0.368 e. The summed E-state index contributed by atoms with van der Waals surface area (Å²) in [7, 11) is 0. The van der Waals surface area contributed by atoms with Crippen LogP contribution in [-0.2, 0) is 11.3 Å². The van der Waals surface area contributed by atoms with Gasteiger partial charge in [-0.2, -0.15) is 4.98 Å². The SMILES string of the molecule is Cc1noc(-c2ccc(N3CCCC(C(=O)NCc4nc(C)c(C)s4)C3)c(F)c2)n1. The molecule has 1 fully saturated rings. The summed E-state index contributed by atoms with van der Waals surface area (Å²) in [5, 5.41) is 7.64. The number of carbonyl (C=O) groups is 1. The van der Waals surface area contributed by atoms with Crippen LogP contribution in [-0.4, -0.2) is 34.1 Å². The van der Waals surface area contributed by atoms with E-state index in [4.69, 9.17) is 4.52 Å². The van der Waals surface area contributed by atoms with Gasteiger partial charge in [-0.25, -0.2) is 9.37 Å². The maximum atomic E-state index is 14.8. The zero-order valence-corrected chi connectivity index (χ0v) is 18.1. The Morgan fingerprint density at radius 1 is 1.33 bits per heavy atom. The molecule has 1 unspecified atom stereocenters. The van der Waals surface area contributed by atoms with Crippen molar-refractivity contribution in [3.8, 4) is 11.5 Å². The fourth-order valence-corrected chi connectivity index (χ4v) is 4.52. The summed E-state index contributed by atoms with van der Waals surface area (Å²) in [6.07, 6.45) is 1.62. The normalized spacial score (nSPS) is 16.7. The van der Waals surface area contributed by atoms with Gasteiger partial charge in [-0.3, -0.25) is 4.79 Å². The van der Waals surface area contributed by atoms with Crippen LogP contribution in [0.5, 0.6) is 0 Å². The number of rotatable bonds is 5. The highest BCUT2D eigenvalue weighted by Crippen LogP contribution is 2.29.